The first-order valence-corrected chi connectivity index (χ1v) is 5.12. The largest absolute Gasteiger partial charge is 0.351 e. The van der Waals surface area contributed by atoms with Crippen LogP contribution in [0.2, 0.25) is 0 Å². The highest BCUT2D eigenvalue weighted by atomic mass is 16.2. The van der Waals surface area contributed by atoms with Crippen molar-refractivity contribution in [2.45, 2.75) is 19.4 Å². The predicted molar refractivity (Wildman–Crippen MR) is 56.0 cm³/mol. The van der Waals surface area contributed by atoms with E-state index in [1.54, 1.807) is 0 Å². The monoisotopic (exact) mass is 203 g/mol. The fourth-order valence-corrected chi connectivity index (χ4v) is 1.59. The Morgan fingerprint density at radius 1 is 1.33 bits per heavy atom. The van der Waals surface area contributed by atoms with Crippen LogP contribution in [0.25, 0.3) is 0 Å². The minimum absolute atomic E-state index is 0.0700. The molecule has 1 aliphatic carbocycles. The molecule has 0 heterocycles. The Kier molecular flexibility index (Phi) is 2.81. The lowest BCUT2D eigenvalue weighted by molar-refractivity contribution is -0.139. The van der Waals surface area contributed by atoms with Crippen molar-refractivity contribution in [3.8, 4) is 0 Å². The van der Waals surface area contributed by atoms with Gasteiger partial charge in [0.15, 0.2) is 0 Å². The Morgan fingerprint density at radius 3 is 2.60 bits per heavy atom. The van der Waals surface area contributed by atoms with E-state index in [9.17, 15) is 9.59 Å². The van der Waals surface area contributed by atoms with E-state index in [-0.39, 0.29) is 17.6 Å². The molecule has 0 spiro atoms. The maximum atomic E-state index is 11.5. The van der Waals surface area contributed by atoms with E-state index in [1.807, 2.05) is 30.3 Å². The van der Waals surface area contributed by atoms with Crippen LogP contribution in [0.15, 0.2) is 30.3 Å². The molecule has 1 aromatic carbocycles. The van der Waals surface area contributed by atoms with Gasteiger partial charge in [0, 0.05) is 13.0 Å². The number of hydrogen-bond acceptors (Lipinski definition) is 2. The van der Waals surface area contributed by atoms with Gasteiger partial charge in [-0.1, -0.05) is 30.3 Å². The van der Waals surface area contributed by atoms with Crippen LogP contribution >= 0.6 is 0 Å². The van der Waals surface area contributed by atoms with Crippen molar-refractivity contribution in [1.82, 2.24) is 5.32 Å². The van der Waals surface area contributed by atoms with Crippen LogP contribution in [0.1, 0.15) is 18.4 Å². The summed E-state index contributed by atoms with van der Waals surface area (Å²) in [7, 11) is 0. The second kappa shape index (κ2) is 4.26. The third-order valence-electron chi connectivity index (χ3n) is 2.69. The number of Topliss-reactive ketones (excluding diaryl/α,β-unsaturated/α-hetero) is 1. The summed E-state index contributed by atoms with van der Waals surface area (Å²) >= 11 is 0. The summed E-state index contributed by atoms with van der Waals surface area (Å²) in [6, 6.07) is 9.68. The van der Waals surface area contributed by atoms with Crippen molar-refractivity contribution in [3.05, 3.63) is 35.9 Å². The molecule has 0 aromatic heterocycles. The van der Waals surface area contributed by atoms with Gasteiger partial charge < -0.3 is 5.32 Å². The molecule has 2 rings (SSSR count). The first-order valence-electron chi connectivity index (χ1n) is 5.12. The summed E-state index contributed by atoms with van der Waals surface area (Å²) in [6.45, 7) is 0.503. The van der Waals surface area contributed by atoms with Gasteiger partial charge in [0.1, 0.15) is 5.78 Å². The van der Waals surface area contributed by atoms with Crippen molar-refractivity contribution in [2.75, 3.05) is 0 Å². The summed E-state index contributed by atoms with van der Waals surface area (Å²) in [4.78, 5) is 22.5. The molecule has 0 radical (unpaired) electrons. The standard InChI is InChI=1S/C12H13NO2/c14-11-7-6-10(11)12(15)13-8-9-4-2-1-3-5-9/h1-5,10H,6-8H2,(H,13,15)/t10-/m0/s1. The van der Waals surface area contributed by atoms with E-state index in [0.717, 1.165) is 5.56 Å². The maximum absolute atomic E-state index is 11.5. The van der Waals surface area contributed by atoms with Crippen LogP contribution in [0.3, 0.4) is 0 Å². The minimum Gasteiger partial charge on any atom is -0.351 e. The van der Waals surface area contributed by atoms with Gasteiger partial charge in [-0.05, 0) is 12.0 Å². The number of amides is 1. The fraction of sp³-hybridized carbons (Fsp3) is 0.333. The third-order valence-corrected chi connectivity index (χ3v) is 2.69. The van der Waals surface area contributed by atoms with Gasteiger partial charge in [-0.25, -0.2) is 0 Å². The lowest BCUT2D eigenvalue weighted by Crippen LogP contribution is -2.40. The van der Waals surface area contributed by atoms with Crippen LogP contribution < -0.4 is 5.32 Å². The number of benzene rings is 1. The van der Waals surface area contributed by atoms with Crippen molar-refractivity contribution < 1.29 is 9.59 Å². The topological polar surface area (TPSA) is 46.2 Å². The van der Waals surface area contributed by atoms with Crippen LogP contribution in [-0.2, 0) is 16.1 Å². The second-order valence-corrected chi connectivity index (χ2v) is 3.76. The highest BCUT2D eigenvalue weighted by molar-refractivity contribution is 6.05. The Morgan fingerprint density at radius 2 is 2.07 bits per heavy atom. The second-order valence-electron chi connectivity index (χ2n) is 3.76. The number of ketones is 1. The third kappa shape index (κ3) is 2.24. The zero-order valence-corrected chi connectivity index (χ0v) is 8.40. The van der Waals surface area contributed by atoms with Gasteiger partial charge in [-0.2, -0.15) is 0 Å². The molecule has 1 amide bonds. The predicted octanol–water partition coefficient (Wildman–Crippen LogP) is 1.28. The molecule has 1 fully saturated rings. The minimum atomic E-state index is -0.381. The smallest absolute Gasteiger partial charge is 0.230 e. The molecule has 1 N–H and O–H groups in total. The van der Waals surface area contributed by atoms with Gasteiger partial charge in [0.25, 0.3) is 0 Å². The Balaban J connectivity index is 1.83. The van der Waals surface area contributed by atoms with E-state index in [1.165, 1.54) is 0 Å². The van der Waals surface area contributed by atoms with E-state index in [2.05, 4.69) is 5.32 Å². The summed E-state index contributed by atoms with van der Waals surface area (Å²) < 4.78 is 0. The lowest BCUT2D eigenvalue weighted by atomic mass is 9.83. The number of hydrogen-bond donors (Lipinski definition) is 1. The Hall–Kier alpha value is -1.64. The SMILES string of the molecule is O=C1CC[C@@H]1C(=O)NCc1ccccc1. The quantitative estimate of drug-likeness (QED) is 0.752. The molecule has 0 saturated heterocycles. The highest BCUT2D eigenvalue weighted by Crippen LogP contribution is 2.22. The Labute approximate surface area is 88.5 Å². The molecule has 0 unspecified atom stereocenters. The van der Waals surface area contributed by atoms with Crippen molar-refractivity contribution in [2.24, 2.45) is 5.92 Å². The number of carbonyl (C=O) groups excluding carboxylic acids is 2. The molecule has 15 heavy (non-hydrogen) atoms. The van der Waals surface area contributed by atoms with Crippen LogP contribution in [0.4, 0.5) is 0 Å². The molecule has 0 aliphatic heterocycles. The highest BCUT2D eigenvalue weighted by Gasteiger charge is 2.34. The first kappa shape index (κ1) is 9.90. The van der Waals surface area contributed by atoms with Crippen molar-refractivity contribution >= 4 is 11.7 Å². The maximum Gasteiger partial charge on any atom is 0.230 e. The van der Waals surface area contributed by atoms with Crippen molar-refractivity contribution in [1.29, 1.82) is 0 Å². The number of nitrogens with one attached hydrogen (secondary N) is 1. The molecule has 78 valence electrons. The normalized spacial score (nSPS) is 19.5. The summed E-state index contributed by atoms with van der Waals surface area (Å²) in [5.41, 5.74) is 1.05. The van der Waals surface area contributed by atoms with E-state index in [0.29, 0.717) is 19.4 Å². The average Bonchev–Trinajstić information content (AvgIpc) is 2.26. The van der Waals surface area contributed by atoms with E-state index >= 15 is 0 Å². The lowest BCUT2D eigenvalue weighted by Gasteiger charge is -2.22. The van der Waals surface area contributed by atoms with Gasteiger partial charge in [-0.3, -0.25) is 9.59 Å². The molecule has 1 aromatic rings. The summed E-state index contributed by atoms with van der Waals surface area (Å²) in [6.07, 6.45) is 1.27. The van der Waals surface area contributed by atoms with Gasteiger partial charge in [0.2, 0.25) is 5.91 Å². The molecule has 1 atom stereocenters. The van der Waals surface area contributed by atoms with Gasteiger partial charge >= 0.3 is 0 Å². The van der Waals surface area contributed by atoms with Crippen LogP contribution in [0.5, 0.6) is 0 Å². The molecule has 1 saturated carbocycles. The fourth-order valence-electron chi connectivity index (χ4n) is 1.59. The zero-order chi connectivity index (χ0) is 10.7. The molecular formula is C12H13NO2. The van der Waals surface area contributed by atoms with Crippen LogP contribution in [-0.4, -0.2) is 11.7 Å². The van der Waals surface area contributed by atoms with E-state index < -0.39 is 0 Å². The molecular weight excluding hydrogens is 190 g/mol. The number of rotatable bonds is 3. The Bertz CT molecular complexity index is 372. The zero-order valence-electron chi connectivity index (χ0n) is 8.40. The molecule has 3 nitrogen and oxygen atoms in total. The average molecular weight is 203 g/mol. The van der Waals surface area contributed by atoms with Crippen LogP contribution in [0, 0.1) is 5.92 Å². The number of carbonyl (C=O) groups is 2. The van der Waals surface area contributed by atoms with Crippen molar-refractivity contribution in [3.63, 3.8) is 0 Å². The molecule has 0 bridgehead atoms. The van der Waals surface area contributed by atoms with E-state index in [4.69, 9.17) is 0 Å². The molecule has 1 aliphatic rings. The summed E-state index contributed by atoms with van der Waals surface area (Å²) in [5, 5.41) is 2.77. The van der Waals surface area contributed by atoms with Gasteiger partial charge in [0.05, 0.1) is 5.92 Å². The first-order chi connectivity index (χ1) is 7.27. The van der Waals surface area contributed by atoms with Gasteiger partial charge in [-0.15, -0.1) is 0 Å². The molecule has 3 heteroatoms. The summed E-state index contributed by atoms with van der Waals surface area (Å²) in [5.74, 6) is -0.440.